The van der Waals surface area contributed by atoms with Crippen LogP contribution in [0.3, 0.4) is 0 Å². The van der Waals surface area contributed by atoms with Gasteiger partial charge in [-0.2, -0.15) is 4.57 Å². The Morgan fingerprint density at radius 1 is 1.40 bits per heavy atom. The van der Waals surface area contributed by atoms with Gasteiger partial charge in [-0.1, -0.05) is 19.6 Å². The highest BCUT2D eigenvalue weighted by molar-refractivity contribution is 7.86. The number of pyridine rings is 1. The molecule has 0 saturated heterocycles. The molecular weight excluding hydrogens is 214 g/mol. The van der Waals surface area contributed by atoms with Crippen LogP contribution in [0.25, 0.3) is 0 Å². The molecule has 0 radical (unpaired) electrons. The van der Waals surface area contributed by atoms with E-state index < -0.39 is 15.0 Å². The first-order valence-corrected chi connectivity index (χ1v) is 5.94. The maximum Gasteiger partial charge on any atom is 0.273 e. The summed E-state index contributed by atoms with van der Waals surface area (Å²) in [6, 6.07) is 5.08. The standard InChI is InChI=1S/C10H13NO3S/c1-3-10(4-2,15(12,13)14)11-8-6-5-7-9-11/h3,5-9H,1,4H2,2H3. The topological polar surface area (TPSA) is 61.1 Å². The van der Waals surface area contributed by atoms with Crippen LogP contribution in [0.4, 0.5) is 0 Å². The molecule has 82 valence electrons. The maximum absolute atomic E-state index is 11.3. The van der Waals surface area contributed by atoms with E-state index in [2.05, 4.69) is 6.58 Å². The van der Waals surface area contributed by atoms with Gasteiger partial charge in [0.15, 0.2) is 22.5 Å². The molecule has 0 aliphatic rings. The third kappa shape index (κ3) is 1.93. The first kappa shape index (κ1) is 11.9. The van der Waals surface area contributed by atoms with Crippen molar-refractivity contribution in [3.63, 3.8) is 0 Å². The second-order valence-electron chi connectivity index (χ2n) is 3.14. The van der Waals surface area contributed by atoms with Crippen molar-refractivity contribution in [2.45, 2.75) is 18.2 Å². The van der Waals surface area contributed by atoms with Gasteiger partial charge in [0.2, 0.25) is 0 Å². The van der Waals surface area contributed by atoms with E-state index >= 15 is 0 Å². The Bertz CT molecular complexity index is 441. The fourth-order valence-corrected chi connectivity index (χ4v) is 2.43. The van der Waals surface area contributed by atoms with Crippen LogP contribution in [0, 0.1) is 0 Å². The fraction of sp³-hybridized carbons (Fsp3) is 0.300. The Balaban J connectivity index is 3.44. The van der Waals surface area contributed by atoms with Crippen LogP contribution in [0.5, 0.6) is 0 Å². The highest BCUT2D eigenvalue weighted by atomic mass is 32.2. The van der Waals surface area contributed by atoms with Gasteiger partial charge in [0.05, 0.1) is 0 Å². The lowest BCUT2D eigenvalue weighted by Crippen LogP contribution is -2.58. The summed E-state index contributed by atoms with van der Waals surface area (Å²) in [7, 11) is -4.48. The lowest BCUT2D eigenvalue weighted by molar-refractivity contribution is -0.730. The van der Waals surface area contributed by atoms with E-state index in [-0.39, 0.29) is 6.42 Å². The van der Waals surface area contributed by atoms with Crippen LogP contribution in [-0.4, -0.2) is 13.0 Å². The van der Waals surface area contributed by atoms with Gasteiger partial charge in [-0.25, -0.2) is 8.42 Å². The van der Waals surface area contributed by atoms with Crippen LogP contribution in [-0.2, 0) is 15.0 Å². The van der Waals surface area contributed by atoms with Crippen LogP contribution in [0.15, 0.2) is 43.2 Å². The predicted molar refractivity (Wildman–Crippen MR) is 54.8 cm³/mol. The van der Waals surface area contributed by atoms with Crippen molar-refractivity contribution in [2.75, 3.05) is 0 Å². The van der Waals surface area contributed by atoms with Crippen LogP contribution in [0.2, 0.25) is 0 Å². The number of aromatic nitrogens is 1. The molecule has 0 saturated carbocycles. The first-order valence-electron chi connectivity index (χ1n) is 4.54. The SMILES string of the molecule is C=CC(CC)([n+]1ccccc1)S(=O)(=O)[O-]. The zero-order valence-corrected chi connectivity index (χ0v) is 9.28. The Hall–Kier alpha value is -1.20. The summed E-state index contributed by atoms with van der Waals surface area (Å²) in [6.45, 7) is 5.08. The average Bonchev–Trinajstić information content (AvgIpc) is 2.20. The molecule has 0 fully saturated rings. The van der Waals surface area contributed by atoms with Gasteiger partial charge in [-0.05, 0) is 6.08 Å². The van der Waals surface area contributed by atoms with E-state index in [1.807, 2.05) is 0 Å². The number of hydrogen-bond donors (Lipinski definition) is 0. The molecule has 1 unspecified atom stereocenters. The van der Waals surface area contributed by atoms with Crippen LogP contribution >= 0.6 is 0 Å². The van der Waals surface area contributed by atoms with Crippen LogP contribution < -0.4 is 4.57 Å². The maximum atomic E-state index is 11.3. The molecule has 0 aliphatic carbocycles. The molecule has 15 heavy (non-hydrogen) atoms. The lowest BCUT2D eigenvalue weighted by Gasteiger charge is -2.26. The molecule has 0 aliphatic heterocycles. The van der Waals surface area contributed by atoms with E-state index in [0.29, 0.717) is 0 Å². The molecule has 1 heterocycles. The molecule has 0 bridgehead atoms. The summed E-state index contributed by atoms with van der Waals surface area (Å²) in [5, 5.41) is 0. The minimum absolute atomic E-state index is 0.150. The summed E-state index contributed by atoms with van der Waals surface area (Å²) >= 11 is 0. The molecule has 0 spiro atoms. The van der Waals surface area contributed by atoms with Crippen molar-refractivity contribution < 1.29 is 17.5 Å². The second kappa shape index (κ2) is 4.12. The monoisotopic (exact) mass is 227 g/mol. The number of hydrogen-bond acceptors (Lipinski definition) is 3. The molecule has 5 heteroatoms. The van der Waals surface area contributed by atoms with E-state index in [0.717, 1.165) is 0 Å². The van der Waals surface area contributed by atoms with Gasteiger partial charge < -0.3 is 4.55 Å². The number of nitrogens with zero attached hydrogens (tertiary/aromatic N) is 1. The lowest BCUT2D eigenvalue weighted by atomic mass is 10.2. The summed E-state index contributed by atoms with van der Waals surface area (Å²) in [6.07, 6.45) is 4.41. The van der Waals surface area contributed by atoms with Crippen molar-refractivity contribution in [3.8, 4) is 0 Å². The Labute approximate surface area is 89.6 Å². The molecule has 0 aromatic carbocycles. The zero-order chi connectivity index (χ0) is 11.5. The first-order chi connectivity index (χ1) is 6.98. The van der Waals surface area contributed by atoms with Gasteiger partial charge >= 0.3 is 0 Å². The molecule has 1 aromatic heterocycles. The molecule has 1 atom stereocenters. The number of rotatable bonds is 4. The smallest absolute Gasteiger partial charge is 0.273 e. The molecular formula is C10H13NO3S. The Kier molecular flexibility index (Phi) is 3.26. The molecule has 1 aromatic rings. The summed E-state index contributed by atoms with van der Waals surface area (Å²) < 4.78 is 35.2. The van der Waals surface area contributed by atoms with Crippen molar-refractivity contribution in [1.82, 2.24) is 0 Å². The molecule has 4 nitrogen and oxygen atoms in total. The predicted octanol–water partition coefficient (Wildman–Crippen LogP) is 0.768. The third-order valence-electron chi connectivity index (χ3n) is 2.41. The van der Waals surface area contributed by atoms with Crippen molar-refractivity contribution in [3.05, 3.63) is 43.2 Å². The largest absolute Gasteiger partial charge is 0.742 e. The highest BCUT2D eigenvalue weighted by Gasteiger charge is 2.41. The van der Waals surface area contributed by atoms with E-state index in [9.17, 15) is 13.0 Å². The quantitative estimate of drug-likeness (QED) is 0.433. The normalized spacial score (nSPS) is 15.6. The summed E-state index contributed by atoms with van der Waals surface area (Å²) in [5.74, 6) is 0. The van der Waals surface area contributed by atoms with Gasteiger partial charge in [-0.3, -0.25) is 0 Å². The molecule has 0 amide bonds. The zero-order valence-electron chi connectivity index (χ0n) is 8.46. The highest BCUT2D eigenvalue weighted by Crippen LogP contribution is 2.21. The fourth-order valence-electron chi connectivity index (χ4n) is 1.49. The minimum atomic E-state index is -4.48. The van der Waals surface area contributed by atoms with Crippen LogP contribution in [0.1, 0.15) is 13.3 Å². The van der Waals surface area contributed by atoms with E-state index in [1.54, 1.807) is 37.5 Å². The third-order valence-corrected chi connectivity index (χ3v) is 3.94. The van der Waals surface area contributed by atoms with E-state index in [4.69, 9.17) is 0 Å². The van der Waals surface area contributed by atoms with Gasteiger partial charge in [-0.15, -0.1) is 0 Å². The van der Waals surface area contributed by atoms with Crippen molar-refractivity contribution >= 4 is 10.1 Å². The van der Waals surface area contributed by atoms with Gasteiger partial charge in [0.25, 0.3) is 4.87 Å². The summed E-state index contributed by atoms with van der Waals surface area (Å²) in [4.78, 5) is -1.59. The van der Waals surface area contributed by atoms with E-state index in [1.165, 1.54) is 10.6 Å². The second-order valence-corrected chi connectivity index (χ2v) is 4.75. The van der Waals surface area contributed by atoms with Gasteiger partial charge in [0.1, 0.15) is 0 Å². The molecule has 0 N–H and O–H groups in total. The molecule has 1 rings (SSSR count). The Morgan fingerprint density at radius 3 is 2.27 bits per heavy atom. The summed E-state index contributed by atoms with van der Waals surface area (Å²) in [5.41, 5.74) is 0. The Morgan fingerprint density at radius 2 is 1.93 bits per heavy atom. The minimum Gasteiger partial charge on any atom is -0.742 e. The van der Waals surface area contributed by atoms with Gasteiger partial charge in [0, 0.05) is 18.6 Å². The average molecular weight is 227 g/mol. The van der Waals surface area contributed by atoms with Crippen molar-refractivity contribution in [2.24, 2.45) is 0 Å². The van der Waals surface area contributed by atoms with Crippen molar-refractivity contribution in [1.29, 1.82) is 0 Å².